The van der Waals surface area contributed by atoms with Crippen LogP contribution >= 0.6 is 46.5 Å². The molecular weight excluding hydrogens is 346 g/mol. The van der Waals surface area contributed by atoms with Crippen LogP contribution in [0.4, 0.5) is 5.69 Å². The second kappa shape index (κ2) is 8.03. The summed E-state index contributed by atoms with van der Waals surface area (Å²) in [6.45, 7) is 3.98. The molecular formula is C13H14ClN3OS3. The molecule has 1 aromatic carbocycles. The number of rotatable bonds is 6. The van der Waals surface area contributed by atoms with Crippen molar-refractivity contribution in [1.29, 1.82) is 0 Å². The van der Waals surface area contributed by atoms with E-state index < -0.39 is 0 Å². The van der Waals surface area contributed by atoms with Crippen LogP contribution in [0.15, 0.2) is 26.9 Å². The summed E-state index contributed by atoms with van der Waals surface area (Å²) >= 11 is 10.5. The Kier molecular flexibility index (Phi) is 6.35. The van der Waals surface area contributed by atoms with Gasteiger partial charge in [0.1, 0.15) is 0 Å². The lowest BCUT2D eigenvalue weighted by Gasteiger charge is -2.07. The zero-order chi connectivity index (χ0) is 15.2. The molecule has 1 aromatic heterocycles. The predicted octanol–water partition coefficient (Wildman–Crippen LogP) is 4.34. The van der Waals surface area contributed by atoms with Crippen LogP contribution in [-0.4, -0.2) is 27.6 Å². The molecule has 0 saturated carbocycles. The SMILES string of the molecule is CCSc1nnc(SCC(=O)Nc2ccc(Cl)cc2C)s1. The Labute approximate surface area is 141 Å². The summed E-state index contributed by atoms with van der Waals surface area (Å²) in [6, 6.07) is 5.39. The molecule has 0 aliphatic heterocycles. The molecule has 1 amide bonds. The van der Waals surface area contributed by atoms with E-state index in [1.54, 1.807) is 23.9 Å². The number of nitrogens with zero attached hydrogens (tertiary/aromatic N) is 2. The van der Waals surface area contributed by atoms with Crippen LogP contribution in [0.1, 0.15) is 12.5 Å². The fraction of sp³-hybridized carbons (Fsp3) is 0.308. The Morgan fingerprint density at radius 3 is 2.71 bits per heavy atom. The lowest BCUT2D eigenvalue weighted by molar-refractivity contribution is -0.113. The smallest absolute Gasteiger partial charge is 0.234 e. The maximum Gasteiger partial charge on any atom is 0.234 e. The van der Waals surface area contributed by atoms with Gasteiger partial charge < -0.3 is 5.32 Å². The van der Waals surface area contributed by atoms with Crippen molar-refractivity contribution in [2.24, 2.45) is 0 Å². The number of halogens is 1. The number of amides is 1. The Morgan fingerprint density at radius 2 is 2.05 bits per heavy atom. The summed E-state index contributed by atoms with van der Waals surface area (Å²) in [5.41, 5.74) is 1.72. The Morgan fingerprint density at radius 1 is 1.33 bits per heavy atom. The van der Waals surface area contributed by atoms with Gasteiger partial charge in [0.15, 0.2) is 8.68 Å². The molecule has 4 nitrogen and oxygen atoms in total. The van der Waals surface area contributed by atoms with Gasteiger partial charge in [-0.25, -0.2) is 0 Å². The maximum atomic E-state index is 11.9. The summed E-state index contributed by atoms with van der Waals surface area (Å²) in [5, 5.41) is 11.6. The number of anilines is 1. The third-order valence-electron chi connectivity index (χ3n) is 2.45. The molecule has 112 valence electrons. The van der Waals surface area contributed by atoms with E-state index in [-0.39, 0.29) is 5.91 Å². The first-order valence-corrected chi connectivity index (χ1v) is 9.40. The van der Waals surface area contributed by atoms with Gasteiger partial charge in [0, 0.05) is 10.7 Å². The molecule has 0 fully saturated rings. The van der Waals surface area contributed by atoms with E-state index >= 15 is 0 Å². The molecule has 8 heteroatoms. The highest BCUT2D eigenvalue weighted by molar-refractivity contribution is 8.03. The van der Waals surface area contributed by atoms with Gasteiger partial charge in [0.25, 0.3) is 0 Å². The predicted molar refractivity (Wildman–Crippen MR) is 91.8 cm³/mol. The second-order valence-electron chi connectivity index (χ2n) is 4.06. The van der Waals surface area contributed by atoms with Gasteiger partial charge in [-0.3, -0.25) is 4.79 Å². The quantitative estimate of drug-likeness (QED) is 0.777. The molecule has 0 aliphatic carbocycles. The lowest BCUT2D eigenvalue weighted by Crippen LogP contribution is -2.14. The van der Waals surface area contributed by atoms with Gasteiger partial charge in [-0.1, -0.05) is 53.4 Å². The van der Waals surface area contributed by atoms with Crippen molar-refractivity contribution < 1.29 is 4.79 Å². The highest BCUT2D eigenvalue weighted by atomic mass is 35.5. The molecule has 0 radical (unpaired) electrons. The third kappa shape index (κ3) is 5.18. The van der Waals surface area contributed by atoms with Crippen molar-refractivity contribution in [2.45, 2.75) is 22.5 Å². The van der Waals surface area contributed by atoms with Gasteiger partial charge in [-0.2, -0.15) is 0 Å². The molecule has 0 atom stereocenters. The Bertz CT molecular complexity index is 633. The van der Waals surface area contributed by atoms with E-state index in [0.29, 0.717) is 10.8 Å². The lowest BCUT2D eigenvalue weighted by atomic mass is 10.2. The fourth-order valence-corrected chi connectivity index (χ4v) is 4.46. The number of aryl methyl sites for hydroxylation is 1. The van der Waals surface area contributed by atoms with Crippen LogP contribution in [0, 0.1) is 6.92 Å². The van der Waals surface area contributed by atoms with E-state index in [9.17, 15) is 4.79 Å². The van der Waals surface area contributed by atoms with Crippen LogP contribution in [0.3, 0.4) is 0 Å². The van der Waals surface area contributed by atoms with E-state index in [2.05, 4.69) is 22.4 Å². The van der Waals surface area contributed by atoms with E-state index in [0.717, 1.165) is 25.7 Å². The molecule has 0 unspecified atom stereocenters. The first-order valence-electron chi connectivity index (χ1n) is 6.23. The van der Waals surface area contributed by atoms with Crippen molar-refractivity contribution in [3.63, 3.8) is 0 Å². The first kappa shape index (κ1) is 16.6. The van der Waals surface area contributed by atoms with Crippen LogP contribution < -0.4 is 5.32 Å². The summed E-state index contributed by atoms with van der Waals surface area (Å²) in [5.74, 6) is 1.22. The number of carbonyl (C=O) groups is 1. The average molecular weight is 360 g/mol. The van der Waals surface area contributed by atoms with Gasteiger partial charge >= 0.3 is 0 Å². The molecule has 2 rings (SSSR count). The summed E-state index contributed by atoms with van der Waals surface area (Å²) in [6.07, 6.45) is 0. The van der Waals surface area contributed by atoms with Gasteiger partial charge in [-0.15, -0.1) is 10.2 Å². The number of hydrogen-bond acceptors (Lipinski definition) is 6. The van der Waals surface area contributed by atoms with Gasteiger partial charge in [-0.05, 0) is 36.4 Å². The number of benzene rings is 1. The maximum absolute atomic E-state index is 11.9. The molecule has 21 heavy (non-hydrogen) atoms. The summed E-state index contributed by atoms with van der Waals surface area (Å²) < 4.78 is 1.75. The number of carbonyl (C=O) groups excluding carboxylic acids is 1. The zero-order valence-corrected chi connectivity index (χ0v) is 14.8. The van der Waals surface area contributed by atoms with Crippen molar-refractivity contribution >= 4 is 58.1 Å². The van der Waals surface area contributed by atoms with E-state index in [1.807, 2.05) is 13.0 Å². The highest BCUT2D eigenvalue weighted by Crippen LogP contribution is 2.28. The molecule has 2 aromatic rings. The number of aromatic nitrogens is 2. The standard InChI is InChI=1S/C13H14ClN3OS3/c1-3-19-12-16-17-13(21-12)20-7-11(18)15-10-5-4-9(14)6-8(10)2/h4-6H,3,7H2,1-2H3,(H,15,18). The monoisotopic (exact) mass is 359 g/mol. The van der Waals surface area contributed by atoms with Crippen molar-refractivity contribution in [1.82, 2.24) is 10.2 Å². The Balaban J connectivity index is 1.86. The molecule has 0 spiro atoms. The summed E-state index contributed by atoms with van der Waals surface area (Å²) in [7, 11) is 0. The molecule has 0 aliphatic rings. The van der Waals surface area contributed by atoms with E-state index in [1.165, 1.54) is 23.1 Å². The second-order valence-corrected chi connectivity index (χ2v) is 8.21. The van der Waals surface area contributed by atoms with Crippen LogP contribution in [0.25, 0.3) is 0 Å². The summed E-state index contributed by atoms with van der Waals surface area (Å²) in [4.78, 5) is 11.9. The van der Waals surface area contributed by atoms with E-state index in [4.69, 9.17) is 11.6 Å². The van der Waals surface area contributed by atoms with Crippen LogP contribution in [0.2, 0.25) is 5.02 Å². The number of thioether (sulfide) groups is 2. The fourth-order valence-electron chi connectivity index (χ4n) is 1.52. The van der Waals surface area contributed by atoms with Crippen molar-refractivity contribution in [2.75, 3.05) is 16.8 Å². The minimum absolute atomic E-state index is 0.0645. The number of nitrogens with one attached hydrogen (secondary N) is 1. The minimum atomic E-state index is -0.0645. The normalized spacial score (nSPS) is 10.6. The van der Waals surface area contributed by atoms with Crippen molar-refractivity contribution in [3.05, 3.63) is 28.8 Å². The molecule has 0 bridgehead atoms. The first-order chi connectivity index (χ1) is 10.1. The highest BCUT2D eigenvalue weighted by Gasteiger charge is 2.09. The molecule has 0 saturated heterocycles. The topological polar surface area (TPSA) is 54.9 Å². The Hall–Kier alpha value is -0.760. The van der Waals surface area contributed by atoms with Gasteiger partial charge in [0.05, 0.1) is 5.75 Å². The third-order valence-corrected chi connectivity index (χ3v) is 5.75. The number of hydrogen-bond donors (Lipinski definition) is 1. The van der Waals surface area contributed by atoms with Gasteiger partial charge in [0.2, 0.25) is 5.91 Å². The average Bonchev–Trinajstić information content (AvgIpc) is 2.88. The largest absolute Gasteiger partial charge is 0.325 e. The minimum Gasteiger partial charge on any atom is -0.325 e. The zero-order valence-electron chi connectivity index (χ0n) is 11.6. The van der Waals surface area contributed by atoms with Crippen LogP contribution in [0.5, 0.6) is 0 Å². The molecule has 1 heterocycles. The molecule has 1 N–H and O–H groups in total. The van der Waals surface area contributed by atoms with Crippen molar-refractivity contribution in [3.8, 4) is 0 Å². The van der Waals surface area contributed by atoms with Crippen LogP contribution in [-0.2, 0) is 4.79 Å².